The summed E-state index contributed by atoms with van der Waals surface area (Å²) in [6, 6.07) is 0.301. The highest BCUT2D eigenvalue weighted by molar-refractivity contribution is 5.27. The van der Waals surface area contributed by atoms with Gasteiger partial charge in [0.2, 0.25) is 0 Å². The summed E-state index contributed by atoms with van der Waals surface area (Å²) in [5, 5.41) is 3.18. The predicted molar refractivity (Wildman–Crippen MR) is 39.2 cm³/mol. The highest BCUT2D eigenvalue weighted by Crippen LogP contribution is 2.14. The lowest BCUT2D eigenvalue weighted by molar-refractivity contribution is 0.254. The third kappa shape index (κ3) is 0.866. The molecule has 0 amide bonds. The van der Waals surface area contributed by atoms with Gasteiger partial charge in [0.25, 0.3) is 0 Å². The summed E-state index contributed by atoms with van der Waals surface area (Å²) in [7, 11) is 0. The number of nitrogens with one attached hydrogen (secondary N) is 1. The number of hydrogen-bond acceptors (Lipinski definition) is 2. The minimum Gasteiger partial charge on any atom is -0.481 e. The Morgan fingerprint density at radius 3 is 3.40 bits per heavy atom. The van der Waals surface area contributed by atoms with Gasteiger partial charge in [-0.1, -0.05) is 24.3 Å². The van der Waals surface area contributed by atoms with Crippen molar-refractivity contribution in [2.75, 3.05) is 6.73 Å². The first kappa shape index (κ1) is 5.74. The van der Waals surface area contributed by atoms with Crippen molar-refractivity contribution < 1.29 is 4.74 Å². The second-order valence-corrected chi connectivity index (χ2v) is 2.31. The van der Waals surface area contributed by atoms with Gasteiger partial charge in [0.15, 0.2) is 0 Å². The molecular formula is C8H9NO. The van der Waals surface area contributed by atoms with Gasteiger partial charge in [0.1, 0.15) is 12.5 Å². The van der Waals surface area contributed by atoms with Crippen molar-refractivity contribution in [1.82, 2.24) is 5.32 Å². The van der Waals surface area contributed by atoms with Crippen LogP contribution in [0.4, 0.5) is 0 Å². The SMILES string of the molecule is C1=CC=C2OCNC2C=C1. The highest BCUT2D eigenvalue weighted by Gasteiger charge is 2.18. The van der Waals surface area contributed by atoms with Crippen LogP contribution in [0.1, 0.15) is 0 Å². The highest BCUT2D eigenvalue weighted by atomic mass is 16.5. The Morgan fingerprint density at radius 1 is 1.40 bits per heavy atom. The Kier molecular flexibility index (Phi) is 1.32. The van der Waals surface area contributed by atoms with Gasteiger partial charge in [-0.25, -0.2) is 0 Å². The summed E-state index contributed by atoms with van der Waals surface area (Å²) in [6.07, 6.45) is 10.1. The van der Waals surface area contributed by atoms with E-state index >= 15 is 0 Å². The van der Waals surface area contributed by atoms with Crippen molar-refractivity contribution >= 4 is 0 Å². The Hall–Kier alpha value is -1.02. The van der Waals surface area contributed by atoms with Crippen molar-refractivity contribution in [2.45, 2.75) is 6.04 Å². The molecule has 10 heavy (non-hydrogen) atoms. The van der Waals surface area contributed by atoms with Crippen molar-refractivity contribution in [3.05, 3.63) is 36.1 Å². The average Bonchev–Trinajstić information content (AvgIpc) is 2.28. The third-order valence-corrected chi connectivity index (χ3v) is 1.63. The van der Waals surface area contributed by atoms with Crippen LogP contribution in [0, 0.1) is 0 Å². The van der Waals surface area contributed by atoms with Gasteiger partial charge >= 0.3 is 0 Å². The predicted octanol–water partition coefficient (Wildman–Crippen LogP) is 0.942. The number of hydrogen-bond donors (Lipinski definition) is 1. The van der Waals surface area contributed by atoms with Crippen LogP contribution in [-0.2, 0) is 4.74 Å². The van der Waals surface area contributed by atoms with Crippen molar-refractivity contribution in [3.63, 3.8) is 0 Å². The molecule has 0 radical (unpaired) electrons. The summed E-state index contributed by atoms with van der Waals surface area (Å²) in [5.74, 6) is 1.02. The summed E-state index contributed by atoms with van der Waals surface area (Å²) < 4.78 is 5.28. The van der Waals surface area contributed by atoms with Crippen LogP contribution >= 0.6 is 0 Å². The molecule has 1 heterocycles. The summed E-state index contributed by atoms with van der Waals surface area (Å²) in [5.41, 5.74) is 0. The Balaban J connectivity index is 2.29. The molecule has 0 aromatic rings. The number of rotatable bonds is 0. The van der Waals surface area contributed by atoms with Gasteiger partial charge in [-0.15, -0.1) is 0 Å². The molecule has 2 aliphatic rings. The fourth-order valence-electron chi connectivity index (χ4n) is 1.11. The number of ether oxygens (including phenoxy) is 1. The molecule has 52 valence electrons. The molecule has 1 aliphatic heterocycles. The largest absolute Gasteiger partial charge is 0.481 e. The molecule has 2 heteroatoms. The lowest BCUT2D eigenvalue weighted by Crippen LogP contribution is -2.19. The van der Waals surface area contributed by atoms with Crippen LogP contribution < -0.4 is 5.32 Å². The molecule has 0 aromatic carbocycles. The van der Waals surface area contributed by atoms with E-state index in [1.54, 1.807) is 0 Å². The number of fused-ring (bicyclic) bond motifs is 1. The molecule has 0 bridgehead atoms. The molecular weight excluding hydrogens is 126 g/mol. The zero-order valence-corrected chi connectivity index (χ0v) is 5.58. The monoisotopic (exact) mass is 135 g/mol. The van der Waals surface area contributed by atoms with Crippen LogP contribution in [0.25, 0.3) is 0 Å². The lowest BCUT2D eigenvalue weighted by Gasteiger charge is -1.99. The average molecular weight is 135 g/mol. The van der Waals surface area contributed by atoms with Gasteiger partial charge in [0.05, 0.1) is 6.04 Å². The molecule has 1 atom stereocenters. The summed E-state index contributed by atoms with van der Waals surface area (Å²) in [6.45, 7) is 0.634. The molecule has 2 rings (SSSR count). The molecule has 2 nitrogen and oxygen atoms in total. The topological polar surface area (TPSA) is 21.3 Å². The van der Waals surface area contributed by atoms with Crippen molar-refractivity contribution in [1.29, 1.82) is 0 Å². The Bertz CT molecular complexity index is 215. The van der Waals surface area contributed by atoms with Crippen molar-refractivity contribution in [2.24, 2.45) is 0 Å². The molecule has 0 spiro atoms. The molecule has 1 aliphatic carbocycles. The van der Waals surface area contributed by atoms with Gasteiger partial charge in [-0.05, 0) is 6.08 Å². The van der Waals surface area contributed by atoms with E-state index in [1.807, 2.05) is 24.3 Å². The Morgan fingerprint density at radius 2 is 2.40 bits per heavy atom. The fraction of sp³-hybridized carbons (Fsp3) is 0.250. The van der Waals surface area contributed by atoms with Gasteiger partial charge < -0.3 is 4.74 Å². The Labute approximate surface area is 59.9 Å². The summed E-state index contributed by atoms with van der Waals surface area (Å²) in [4.78, 5) is 0. The minimum atomic E-state index is 0.301. The second-order valence-electron chi connectivity index (χ2n) is 2.31. The van der Waals surface area contributed by atoms with E-state index in [1.165, 1.54) is 0 Å². The maximum Gasteiger partial charge on any atom is 0.140 e. The zero-order valence-electron chi connectivity index (χ0n) is 5.58. The van der Waals surface area contributed by atoms with Crippen LogP contribution in [-0.4, -0.2) is 12.8 Å². The van der Waals surface area contributed by atoms with Crippen LogP contribution in [0.2, 0.25) is 0 Å². The third-order valence-electron chi connectivity index (χ3n) is 1.63. The lowest BCUT2D eigenvalue weighted by atomic mass is 10.2. The van der Waals surface area contributed by atoms with E-state index < -0.39 is 0 Å². The van der Waals surface area contributed by atoms with E-state index in [4.69, 9.17) is 4.74 Å². The van der Waals surface area contributed by atoms with E-state index in [2.05, 4.69) is 11.4 Å². The van der Waals surface area contributed by atoms with Gasteiger partial charge in [-0.2, -0.15) is 0 Å². The molecule has 1 fully saturated rings. The molecule has 1 unspecified atom stereocenters. The maximum absolute atomic E-state index is 5.28. The smallest absolute Gasteiger partial charge is 0.140 e. The first-order valence-electron chi connectivity index (χ1n) is 3.38. The molecule has 1 N–H and O–H groups in total. The van der Waals surface area contributed by atoms with Crippen LogP contribution in [0.15, 0.2) is 36.1 Å². The number of allylic oxidation sites excluding steroid dienone is 4. The fourth-order valence-corrected chi connectivity index (χ4v) is 1.11. The van der Waals surface area contributed by atoms with E-state index in [-0.39, 0.29) is 0 Å². The summed E-state index contributed by atoms with van der Waals surface area (Å²) >= 11 is 0. The van der Waals surface area contributed by atoms with E-state index in [9.17, 15) is 0 Å². The van der Waals surface area contributed by atoms with Gasteiger partial charge in [0, 0.05) is 0 Å². The first-order valence-corrected chi connectivity index (χ1v) is 3.38. The molecule has 1 saturated heterocycles. The molecule has 0 aromatic heterocycles. The van der Waals surface area contributed by atoms with Crippen LogP contribution in [0.3, 0.4) is 0 Å². The normalized spacial score (nSPS) is 28.8. The zero-order chi connectivity index (χ0) is 6.81. The van der Waals surface area contributed by atoms with Crippen molar-refractivity contribution in [3.8, 4) is 0 Å². The second kappa shape index (κ2) is 2.31. The van der Waals surface area contributed by atoms with Gasteiger partial charge in [-0.3, -0.25) is 5.32 Å². The first-order chi connectivity index (χ1) is 4.97. The molecule has 0 saturated carbocycles. The standard InChI is InChI=1S/C8H9NO/c1-2-4-7-8(5-3-1)10-6-9-7/h1-5,7,9H,6H2. The maximum atomic E-state index is 5.28. The van der Waals surface area contributed by atoms with E-state index in [0.717, 1.165) is 5.76 Å². The minimum absolute atomic E-state index is 0.301. The van der Waals surface area contributed by atoms with Crippen LogP contribution in [0.5, 0.6) is 0 Å². The van der Waals surface area contributed by atoms with E-state index in [0.29, 0.717) is 12.8 Å². The quantitative estimate of drug-likeness (QED) is 0.533.